The zero-order valence-corrected chi connectivity index (χ0v) is 14.2. The lowest BCUT2D eigenvalue weighted by molar-refractivity contribution is 0.122. The fourth-order valence-corrected chi connectivity index (χ4v) is 3.95. The van der Waals surface area contributed by atoms with Crippen molar-refractivity contribution in [3.8, 4) is 0 Å². The molecule has 0 aromatic heterocycles. The fourth-order valence-electron chi connectivity index (χ4n) is 2.38. The highest BCUT2D eigenvalue weighted by atomic mass is 79.9. The van der Waals surface area contributed by atoms with Crippen LogP contribution in [-0.2, 0) is 10.5 Å². The second-order valence-electron chi connectivity index (χ2n) is 5.02. The van der Waals surface area contributed by atoms with E-state index >= 15 is 0 Å². The molecule has 0 bridgehead atoms. The van der Waals surface area contributed by atoms with Crippen molar-refractivity contribution >= 4 is 33.4 Å². The van der Waals surface area contributed by atoms with Gasteiger partial charge < -0.3 is 9.64 Å². The predicted molar refractivity (Wildman–Crippen MR) is 93.2 cm³/mol. The Bertz CT molecular complexity index is 585. The summed E-state index contributed by atoms with van der Waals surface area (Å²) < 4.78 is 6.57. The molecule has 0 spiro atoms. The molecular formula is C17H18BrNOS. The third-order valence-corrected chi connectivity index (χ3v) is 4.99. The van der Waals surface area contributed by atoms with Crippen molar-refractivity contribution in [2.45, 2.75) is 10.6 Å². The van der Waals surface area contributed by atoms with E-state index in [1.54, 1.807) is 0 Å². The van der Waals surface area contributed by atoms with Crippen LogP contribution in [0, 0.1) is 0 Å². The number of halogens is 1. The number of hydrogen-bond donors (Lipinski definition) is 0. The van der Waals surface area contributed by atoms with E-state index in [9.17, 15) is 0 Å². The maximum absolute atomic E-state index is 5.43. The van der Waals surface area contributed by atoms with Crippen molar-refractivity contribution in [3.05, 3.63) is 58.6 Å². The van der Waals surface area contributed by atoms with Gasteiger partial charge in [0.15, 0.2) is 0 Å². The van der Waals surface area contributed by atoms with E-state index in [0.717, 1.165) is 36.5 Å². The zero-order chi connectivity index (χ0) is 14.5. The highest BCUT2D eigenvalue weighted by Crippen LogP contribution is 2.31. The lowest BCUT2D eigenvalue weighted by Gasteiger charge is -2.29. The van der Waals surface area contributed by atoms with Gasteiger partial charge in [0, 0.05) is 33.9 Å². The summed E-state index contributed by atoms with van der Waals surface area (Å²) in [6.07, 6.45) is 0. The van der Waals surface area contributed by atoms with Crippen LogP contribution < -0.4 is 4.90 Å². The van der Waals surface area contributed by atoms with Gasteiger partial charge in [-0.25, -0.2) is 0 Å². The quantitative estimate of drug-likeness (QED) is 0.737. The Kier molecular flexibility index (Phi) is 5.22. The number of thioether (sulfide) groups is 1. The molecule has 110 valence electrons. The van der Waals surface area contributed by atoms with E-state index in [4.69, 9.17) is 4.74 Å². The first-order chi connectivity index (χ1) is 10.3. The van der Waals surface area contributed by atoms with Crippen molar-refractivity contribution in [1.82, 2.24) is 0 Å². The Morgan fingerprint density at radius 1 is 1.05 bits per heavy atom. The minimum absolute atomic E-state index is 0.818. The lowest BCUT2D eigenvalue weighted by atomic mass is 10.2. The van der Waals surface area contributed by atoms with Gasteiger partial charge in [0.25, 0.3) is 0 Å². The van der Waals surface area contributed by atoms with E-state index in [-0.39, 0.29) is 0 Å². The molecule has 2 nitrogen and oxygen atoms in total. The Morgan fingerprint density at radius 3 is 2.57 bits per heavy atom. The van der Waals surface area contributed by atoms with Gasteiger partial charge in [-0.3, -0.25) is 0 Å². The standard InChI is InChI=1S/C17H18BrNOS/c18-15-10-16(19-6-8-20-9-7-19)12-17(11-15)21-13-14-4-2-1-3-5-14/h1-5,10-12H,6-9,13H2. The molecule has 0 saturated carbocycles. The zero-order valence-electron chi connectivity index (χ0n) is 11.8. The van der Waals surface area contributed by atoms with Crippen molar-refractivity contribution in [1.29, 1.82) is 0 Å². The number of nitrogens with zero attached hydrogens (tertiary/aromatic N) is 1. The molecule has 0 atom stereocenters. The van der Waals surface area contributed by atoms with Crippen LogP contribution in [0.4, 0.5) is 5.69 Å². The van der Waals surface area contributed by atoms with Crippen LogP contribution >= 0.6 is 27.7 Å². The van der Waals surface area contributed by atoms with Crippen molar-refractivity contribution < 1.29 is 4.74 Å². The molecule has 4 heteroatoms. The normalized spacial score (nSPS) is 15.2. The first-order valence-corrected chi connectivity index (χ1v) is 8.89. The SMILES string of the molecule is Brc1cc(SCc2ccccc2)cc(N2CCOCC2)c1. The van der Waals surface area contributed by atoms with Gasteiger partial charge in [-0.2, -0.15) is 0 Å². The Morgan fingerprint density at radius 2 is 1.81 bits per heavy atom. The molecule has 21 heavy (non-hydrogen) atoms. The molecular weight excluding hydrogens is 346 g/mol. The smallest absolute Gasteiger partial charge is 0.0642 e. The summed E-state index contributed by atoms with van der Waals surface area (Å²) in [6, 6.07) is 17.3. The number of ether oxygens (including phenoxy) is 1. The molecule has 0 radical (unpaired) electrons. The van der Waals surface area contributed by atoms with E-state index in [2.05, 4.69) is 69.4 Å². The Hall–Kier alpha value is -0.970. The number of morpholine rings is 1. The van der Waals surface area contributed by atoms with Crippen molar-refractivity contribution in [2.75, 3.05) is 31.2 Å². The third-order valence-electron chi connectivity index (χ3n) is 3.48. The van der Waals surface area contributed by atoms with Gasteiger partial charge in [-0.05, 0) is 23.8 Å². The van der Waals surface area contributed by atoms with E-state index < -0.39 is 0 Å². The Balaban J connectivity index is 1.71. The highest BCUT2D eigenvalue weighted by Gasteiger charge is 2.12. The first kappa shape index (κ1) is 14.9. The van der Waals surface area contributed by atoms with E-state index in [1.807, 2.05) is 11.8 Å². The average Bonchev–Trinajstić information content (AvgIpc) is 2.54. The maximum atomic E-state index is 5.43. The fraction of sp³-hybridized carbons (Fsp3) is 0.294. The van der Waals surface area contributed by atoms with Crippen LogP contribution in [-0.4, -0.2) is 26.3 Å². The Labute approximate surface area is 138 Å². The summed E-state index contributed by atoms with van der Waals surface area (Å²) in [7, 11) is 0. The molecule has 0 amide bonds. The largest absolute Gasteiger partial charge is 0.378 e. The monoisotopic (exact) mass is 363 g/mol. The molecule has 1 saturated heterocycles. The molecule has 0 unspecified atom stereocenters. The van der Waals surface area contributed by atoms with Crippen LogP contribution in [0.2, 0.25) is 0 Å². The van der Waals surface area contributed by atoms with Crippen LogP contribution in [0.1, 0.15) is 5.56 Å². The van der Waals surface area contributed by atoms with Gasteiger partial charge in [-0.15, -0.1) is 11.8 Å². The summed E-state index contributed by atoms with van der Waals surface area (Å²) >= 11 is 5.51. The maximum Gasteiger partial charge on any atom is 0.0642 e. The molecule has 1 fully saturated rings. The second kappa shape index (κ2) is 7.34. The van der Waals surface area contributed by atoms with Gasteiger partial charge in [-0.1, -0.05) is 46.3 Å². The molecule has 1 heterocycles. The molecule has 1 aliphatic heterocycles. The highest BCUT2D eigenvalue weighted by molar-refractivity contribution is 9.10. The van der Waals surface area contributed by atoms with Gasteiger partial charge >= 0.3 is 0 Å². The summed E-state index contributed by atoms with van der Waals surface area (Å²) in [5.41, 5.74) is 2.64. The van der Waals surface area contributed by atoms with Gasteiger partial charge in [0.05, 0.1) is 13.2 Å². The van der Waals surface area contributed by atoms with E-state index in [1.165, 1.54) is 16.1 Å². The predicted octanol–water partition coefficient (Wildman–Crippen LogP) is 4.58. The van der Waals surface area contributed by atoms with Crippen LogP contribution in [0.25, 0.3) is 0 Å². The minimum atomic E-state index is 0.818. The van der Waals surface area contributed by atoms with Crippen LogP contribution in [0.5, 0.6) is 0 Å². The first-order valence-electron chi connectivity index (χ1n) is 7.11. The van der Waals surface area contributed by atoms with Crippen LogP contribution in [0.3, 0.4) is 0 Å². The number of benzene rings is 2. The molecule has 3 rings (SSSR count). The molecule has 1 aliphatic rings. The molecule has 0 aliphatic carbocycles. The second-order valence-corrected chi connectivity index (χ2v) is 6.98. The summed E-state index contributed by atoms with van der Waals surface area (Å²) in [6.45, 7) is 3.58. The third kappa shape index (κ3) is 4.25. The lowest BCUT2D eigenvalue weighted by Crippen LogP contribution is -2.36. The van der Waals surface area contributed by atoms with Crippen molar-refractivity contribution in [3.63, 3.8) is 0 Å². The van der Waals surface area contributed by atoms with Crippen LogP contribution in [0.15, 0.2) is 57.9 Å². The number of hydrogen-bond acceptors (Lipinski definition) is 3. The summed E-state index contributed by atoms with van der Waals surface area (Å²) in [5.74, 6) is 1.000. The minimum Gasteiger partial charge on any atom is -0.378 e. The topological polar surface area (TPSA) is 12.5 Å². The summed E-state index contributed by atoms with van der Waals surface area (Å²) in [4.78, 5) is 3.69. The van der Waals surface area contributed by atoms with E-state index in [0.29, 0.717) is 0 Å². The summed E-state index contributed by atoms with van der Waals surface area (Å²) in [5, 5.41) is 0. The van der Waals surface area contributed by atoms with Crippen molar-refractivity contribution in [2.24, 2.45) is 0 Å². The number of anilines is 1. The van der Waals surface area contributed by atoms with Gasteiger partial charge in [0.2, 0.25) is 0 Å². The number of rotatable bonds is 4. The molecule has 2 aromatic carbocycles. The van der Waals surface area contributed by atoms with Gasteiger partial charge in [0.1, 0.15) is 0 Å². The molecule has 2 aromatic rings. The molecule has 0 N–H and O–H groups in total. The average molecular weight is 364 g/mol.